The zero-order valence-electron chi connectivity index (χ0n) is 17.4. The van der Waals surface area contributed by atoms with Crippen molar-refractivity contribution in [3.05, 3.63) is 71.6 Å². The van der Waals surface area contributed by atoms with Crippen molar-refractivity contribution < 1.29 is 18.0 Å². The number of carbonyl (C=O) groups excluding carboxylic acids is 2. The number of hydrogen-bond donors (Lipinski definition) is 1. The largest absolute Gasteiger partial charge is 0.300 e. The number of thiazole rings is 1. The minimum absolute atomic E-state index is 0.168. The number of rotatable bonds is 6. The van der Waals surface area contributed by atoms with Crippen molar-refractivity contribution in [3.8, 4) is 11.3 Å². The molecule has 164 valence electrons. The van der Waals surface area contributed by atoms with Crippen molar-refractivity contribution in [3.63, 3.8) is 0 Å². The predicted molar refractivity (Wildman–Crippen MR) is 124 cm³/mol. The smallest absolute Gasteiger partial charge is 0.259 e. The topological polar surface area (TPSA) is 99.7 Å². The van der Waals surface area contributed by atoms with Crippen LogP contribution in [0.3, 0.4) is 0 Å². The molecule has 0 saturated heterocycles. The van der Waals surface area contributed by atoms with Crippen molar-refractivity contribution in [2.45, 2.75) is 4.90 Å². The molecule has 1 aliphatic rings. The first kappa shape index (κ1) is 21.9. The van der Waals surface area contributed by atoms with Crippen LogP contribution in [0.5, 0.6) is 0 Å². The third kappa shape index (κ3) is 3.95. The van der Waals surface area contributed by atoms with E-state index in [9.17, 15) is 18.0 Å². The number of carbonyl (C=O) groups is 2. The highest BCUT2D eigenvalue weighted by atomic mass is 32.2. The number of benzene rings is 2. The summed E-state index contributed by atoms with van der Waals surface area (Å²) < 4.78 is 25.5. The Morgan fingerprint density at radius 3 is 2.41 bits per heavy atom. The van der Waals surface area contributed by atoms with Crippen molar-refractivity contribution in [2.75, 3.05) is 26.0 Å². The average Bonchev–Trinajstić information content (AvgIpc) is 3.33. The minimum Gasteiger partial charge on any atom is -0.300 e. The lowest BCUT2D eigenvalue weighted by Gasteiger charge is -2.16. The molecular formula is C22H20N4O4S2. The van der Waals surface area contributed by atoms with Gasteiger partial charge in [-0.25, -0.2) is 17.7 Å². The number of amides is 2. The SMILES string of the molecule is C=C1c2ccccc2C(=O)N1CC(=O)Nc1nc(-c2ccc(S(=O)(=O)N(C)C)cc2)cs1. The van der Waals surface area contributed by atoms with Crippen LogP contribution >= 0.6 is 11.3 Å². The molecule has 1 aromatic heterocycles. The Balaban J connectivity index is 1.43. The van der Waals surface area contributed by atoms with Gasteiger partial charge in [0.1, 0.15) is 6.54 Å². The van der Waals surface area contributed by atoms with Gasteiger partial charge in [0.25, 0.3) is 5.91 Å². The molecule has 3 aromatic rings. The Morgan fingerprint density at radius 1 is 1.12 bits per heavy atom. The van der Waals surface area contributed by atoms with Crippen LogP contribution in [0, 0.1) is 0 Å². The molecule has 4 rings (SSSR count). The van der Waals surface area contributed by atoms with Crippen LogP contribution in [-0.2, 0) is 14.8 Å². The fraction of sp³-hybridized carbons (Fsp3) is 0.136. The molecule has 10 heteroatoms. The van der Waals surface area contributed by atoms with Crippen molar-refractivity contribution in [2.24, 2.45) is 0 Å². The first-order valence-corrected chi connectivity index (χ1v) is 11.9. The molecular weight excluding hydrogens is 448 g/mol. The lowest BCUT2D eigenvalue weighted by atomic mass is 10.1. The van der Waals surface area contributed by atoms with E-state index in [-0.39, 0.29) is 23.3 Å². The molecule has 0 radical (unpaired) electrons. The number of nitrogens with zero attached hydrogens (tertiary/aromatic N) is 3. The van der Waals surface area contributed by atoms with Crippen LogP contribution < -0.4 is 5.32 Å². The zero-order chi connectivity index (χ0) is 23.0. The monoisotopic (exact) mass is 468 g/mol. The summed E-state index contributed by atoms with van der Waals surface area (Å²) in [7, 11) is -0.559. The molecule has 0 atom stereocenters. The average molecular weight is 469 g/mol. The number of sulfonamides is 1. The fourth-order valence-electron chi connectivity index (χ4n) is 3.28. The summed E-state index contributed by atoms with van der Waals surface area (Å²) in [5, 5.41) is 4.85. The molecule has 2 amide bonds. The lowest BCUT2D eigenvalue weighted by Crippen LogP contribution is -2.32. The van der Waals surface area contributed by atoms with Crippen LogP contribution in [0.25, 0.3) is 17.0 Å². The molecule has 8 nitrogen and oxygen atoms in total. The van der Waals surface area contributed by atoms with Crippen LogP contribution in [0.2, 0.25) is 0 Å². The Kier molecular flexibility index (Phi) is 5.68. The zero-order valence-corrected chi connectivity index (χ0v) is 19.0. The number of aromatic nitrogens is 1. The van der Waals surface area contributed by atoms with E-state index in [2.05, 4.69) is 16.9 Å². The van der Waals surface area contributed by atoms with Crippen molar-refractivity contribution in [1.29, 1.82) is 0 Å². The van der Waals surface area contributed by atoms with Crippen molar-refractivity contribution in [1.82, 2.24) is 14.2 Å². The maximum atomic E-state index is 12.6. The highest BCUT2D eigenvalue weighted by Gasteiger charge is 2.32. The molecule has 2 aromatic carbocycles. The van der Waals surface area contributed by atoms with Gasteiger partial charge in [-0.1, -0.05) is 36.9 Å². The Morgan fingerprint density at radius 2 is 1.78 bits per heavy atom. The van der Waals surface area contributed by atoms with E-state index in [1.165, 1.54) is 42.5 Å². The molecule has 0 unspecified atom stereocenters. The molecule has 2 heterocycles. The van der Waals surface area contributed by atoms with E-state index in [4.69, 9.17) is 0 Å². The summed E-state index contributed by atoms with van der Waals surface area (Å²) in [6.07, 6.45) is 0. The first-order chi connectivity index (χ1) is 15.2. The highest BCUT2D eigenvalue weighted by Crippen LogP contribution is 2.31. The molecule has 0 fully saturated rings. The predicted octanol–water partition coefficient (Wildman–Crippen LogP) is 3.13. The molecule has 0 bridgehead atoms. The summed E-state index contributed by atoms with van der Waals surface area (Å²) in [5.74, 6) is -0.644. The quantitative estimate of drug-likeness (QED) is 0.599. The van der Waals surface area contributed by atoms with Crippen LogP contribution in [0.1, 0.15) is 15.9 Å². The van der Waals surface area contributed by atoms with Gasteiger partial charge in [-0.05, 0) is 18.2 Å². The summed E-state index contributed by atoms with van der Waals surface area (Å²) in [6.45, 7) is 3.76. The second kappa shape index (κ2) is 8.30. The maximum Gasteiger partial charge on any atom is 0.259 e. The second-order valence-electron chi connectivity index (χ2n) is 7.28. The minimum atomic E-state index is -3.51. The van der Waals surface area contributed by atoms with Gasteiger partial charge in [0.15, 0.2) is 5.13 Å². The second-order valence-corrected chi connectivity index (χ2v) is 10.3. The Hall–Kier alpha value is -3.34. The van der Waals surface area contributed by atoms with Gasteiger partial charge in [-0.15, -0.1) is 11.3 Å². The van der Waals surface area contributed by atoms with Crippen LogP contribution in [0.4, 0.5) is 5.13 Å². The maximum absolute atomic E-state index is 12.6. The van der Waals surface area contributed by atoms with E-state index in [1.54, 1.807) is 35.7 Å². The molecule has 0 spiro atoms. The third-order valence-electron chi connectivity index (χ3n) is 5.02. The van der Waals surface area contributed by atoms with Crippen LogP contribution in [0.15, 0.2) is 65.4 Å². The van der Waals surface area contributed by atoms with E-state index in [1.807, 2.05) is 6.07 Å². The van der Waals surface area contributed by atoms with Gasteiger partial charge < -0.3 is 5.32 Å². The summed E-state index contributed by atoms with van der Waals surface area (Å²) in [5.41, 5.74) is 3.07. The van der Waals surface area contributed by atoms with E-state index >= 15 is 0 Å². The van der Waals surface area contributed by atoms with E-state index < -0.39 is 10.0 Å². The van der Waals surface area contributed by atoms with Gasteiger partial charge in [-0.3, -0.25) is 14.5 Å². The number of anilines is 1. The molecule has 0 aliphatic carbocycles. The summed E-state index contributed by atoms with van der Waals surface area (Å²) in [4.78, 5) is 31.0. The molecule has 1 aliphatic heterocycles. The van der Waals surface area contributed by atoms with Gasteiger partial charge in [0, 0.05) is 41.9 Å². The number of hydrogen-bond acceptors (Lipinski definition) is 6. The lowest BCUT2D eigenvalue weighted by molar-refractivity contribution is -0.116. The number of nitrogens with one attached hydrogen (secondary N) is 1. The standard InChI is InChI=1S/C22H20N4O4S2/c1-14-17-6-4-5-7-18(17)21(28)26(14)12-20(27)24-22-23-19(13-31-22)15-8-10-16(11-9-15)32(29,30)25(2)3/h4-11,13H,1,12H2,2-3H3,(H,23,24,27). The molecule has 1 N–H and O–H groups in total. The molecule has 32 heavy (non-hydrogen) atoms. The van der Waals surface area contributed by atoms with Gasteiger partial charge in [0.2, 0.25) is 15.9 Å². The highest BCUT2D eigenvalue weighted by molar-refractivity contribution is 7.89. The van der Waals surface area contributed by atoms with E-state index in [0.717, 1.165) is 15.4 Å². The van der Waals surface area contributed by atoms with Gasteiger partial charge >= 0.3 is 0 Å². The Labute approximate surface area is 189 Å². The summed E-state index contributed by atoms with van der Waals surface area (Å²) in [6, 6.07) is 13.5. The van der Waals surface area contributed by atoms with Gasteiger partial charge in [0.05, 0.1) is 10.6 Å². The van der Waals surface area contributed by atoms with Crippen LogP contribution in [-0.4, -0.2) is 55.1 Å². The Bertz CT molecular complexity index is 1290. The molecule has 0 saturated carbocycles. The summed E-state index contributed by atoms with van der Waals surface area (Å²) >= 11 is 1.24. The first-order valence-electron chi connectivity index (χ1n) is 9.57. The van der Waals surface area contributed by atoms with E-state index in [0.29, 0.717) is 22.1 Å². The fourth-order valence-corrected chi connectivity index (χ4v) is 4.91. The van der Waals surface area contributed by atoms with Gasteiger partial charge in [-0.2, -0.15) is 0 Å². The third-order valence-corrected chi connectivity index (χ3v) is 7.61. The van der Waals surface area contributed by atoms with Crippen molar-refractivity contribution >= 4 is 44.0 Å². The number of fused-ring (bicyclic) bond motifs is 1. The normalized spacial score (nSPS) is 13.5.